The third kappa shape index (κ3) is 5.20. The molecule has 170 valence electrons. The summed E-state index contributed by atoms with van der Waals surface area (Å²) < 4.78 is 12.9. The van der Waals surface area contributed by atoms with Crippen LogP contribution in [0.25, 0.3) is 11.4 Å². The Bertz CT molecular complexity index is 1220. The van der Waals surface area contributed by atoms with Crippen LogP contribution in [0.4, 0.5) is 0 Å². The molecule has 0 atom stereocenters. The highest BCUT2D eigenvalue weighted by Gasteiger charge is 2.20. The van der Waals surface area contributed by atoms with Crippen molar-refractivity contribution in [2.24, 2.45) is 0 Å². The lowest BCUT2D eigenvalue weighted by atomic mass is 9.87. The Hall–Kier alpha value is -3.32. The van der Waals surface area contributed by atoms with E-state index in [0.717, 1.165) is 17.1 Å². The number of nitrogens with zero attached hydrogens (tertiary/aromatic N) is 3. The van der Waals surface area contributed by atoms with Gasteiger partial charge in [0.05, 0.1) is 31.2 Å². The zero-order chi connectivity index (χ0) is 23.4. The summed E-state index contributed by atoms with van der Waals surface area (Å²) >= 11 is 1.36. The van der Waals surface area contributed by atoms with E-state index in [-0.39, 0.29) is 17.0 Å². The Labute approximate surface area is 198 Å². The normalized spacial score (nSPS) is 11.5. The third-order valence-electron chi connectivity index (χ3n) is 5.36. The minimum absolute atomic E-state index is 0.0268. The van der Waals surface area contributed by atoms with Gasteiger partial charge in [-0.3, -0.25) is 9.36 Å². The molecule has 0 spiro atoms. The average Bonchev–Trinajstić information content (AvgIpc) is 3.47. The Kier molecular flexibility index (Phi) is 6.70. The summed E-state index contributed by atoms with van der Waals surface area (Å²) in [4.78, 5) is 12.9. The van der Waals surface area contributed by atoms with Crippen LogP contribution < -0.4 is 4.74 Å². The molecule has 2 heterocycles. The van der Waals surface area contributed by atoms with Gasteiger partial charge in [-0.05, 0) is 35.2 Å². The molecule has 2 aromatic carbocycles. The molecule has 4 aromatic rings. The molecule has 0 aliphatic carbocycles. The number of ether oxygens (including phenoxy) is 1. The maximum Gasteiger partial charge on any atom is 0.192 e. The highest BCUT2D eigenvalue weighted by atomic mass is 32.2. The molecule has 7 heteroatoms. The number of Topliss-reactive ketones (excluding diaryl/α,β-unsaturated/α-hetero) is 1. The molecule has 0 aliphatic rings. The highest BCUT2D eigenvalue weighted by Crippen LogP contribution is 2.29. The molecule has 2 aromatic heterocycles. The van der Waals surface area contributed by atoms with Crippen molar-refractivity contribution in [2.45, 2.75) is 37.9 Å². The Morgan fingerprint density at radius 1 is 1.03 bits per heavy atom. The van der Waals surface area contributed by atoms with Crippen LogP contribution in [0.3, 0.4) is 0 Å². The number of methoxy groups -OCH3 is 1. The minimum atomic E-state index is -0.0268. The first kappa shape index (κ1) is 22.9. The number of hydrogen-bond donors (Lipinski definition) is 0. The lowest BCUT2D eigenvalue weighted by Gasteiger charge is -2.19. The lowest BCUT2D eigenvalue weighted by molar-refractivity contribution is 0.101. The second-order valence-electron chi connectivity index (χ2n) is 8.71. The van der Waals surface area contributed by atoms with Gasteiger partial charge in [0.15, 0.2) is 16.8 Å². The number of aromatic nitrogens is 3. The van der Waals surface area contributed by atoms with Crippen molar-refractivity contribution in [1.82, 2.24) is 14.8 Å². The van der Waals surface area contributed by atoms with Gasteiger partial charge in [0.2, 0.25) is 0 Å². The number of carbonyl (C=O) groups is 1. The fourth-order valence-electron chi connectivity index (χ4n) is 3.51. The molecular weight excluding hydrogens is 434 g/mol. The van der Waals surface area contributed by atoms with Gasteiger partial charge in [0, 0.05) is 5.56 Å². The van der Waals surface area contributed by atoms with Crippen LogP contribution in [-0.4, -0.2) is 33.4 Å². The first-order valence-corrected chi connectivity index (χ1v) is 11.7. The summed E-state index contributed by atoms with van der Waals surface area (Å²) in [6.07, 6.45) is 1.65. The predicted octanol–water partition coefficient (Wildman–Crippen LogP) is 5.87. The van der Waals surface area contributed by atoms with E-state index in [4.69, 9.17) is 9.15 Å². The molecule has 33 heavy (non-hydrogen) atoms. The number of hydrogen-bond acceptors (Lipinski definition) is 6. The molecule has 0 aliphatic heterocycles. The summed E-state index contributed by atoms with van der Waals surface area (Å²) in [7, 11) is 1.57. The van der Waals surface area contributed by atoms with Gasteiger partial charge in [-0.1, -0.05) is 68.9 Å². The molecule has 4 rings (SSSR count). The van der Waals surface area contributed by atoms with Crippen molar-refractivity contribution in [3.05, 3.63) is 83.8 Å². The first-order valence-electron chi connectivity index (χ1n) is 10.7. The third-order valence-corrected chi connectivity index (χ3v) is 6.33. The smallest absolute Gasteiger partial charge is 0.192 e. The van der Waals surface area contributed by atoms with E-state index < -0.39 is 0 Å². The summed E-state index contributed by atoms with van der Waals surface area (Å²) in [6, 6.07) is 19.4. The van der Waals surface area contributed by atoms with Crippen molar-refractivity contribution >= 4 is 17.5 Å². The number of rotatable bonds is 8. The molecular formula is C26H27N3O3S. The van der Waals surface area contributed by atoms with Crippen molar-refractivity contribution in [2.75, 3.05) is 12.9 Å². The van der Waals surface area contributed by atoms with Crippen LogP contribution in [0.15, 0.2) is 76.5 Å². The van der Waals surface area contributed by atoms with Crippen LogP contribution in [0.5, 0.6) is 5.75 Å². The Morgan fingerprint density at radius 3 is 2.45 bits per heavy atom. The quantitative estimate of drug-likeness (QED) is 0.241. The van der Waals surface area contributed by atoms with Gasteiger partial charge in [0.1, 0.15) is 11.5 Å². The van der Waals surface area contributed by atoms with E-state index in [1.54, 1.807) is 25.5 Å². The fraction of sp³-hybridized carbons (Fsp3) is 0.269. The molecule has 0 saturated carbocycles. The average molecular weight is 462 g/mol. The number of ketones is 1. The van der Waals surface area contributed by atoms with Crippen LogP contribution in [-0.2, 0) is 12.0 Å². The van der Waals surface area contributed by atoms with Gasteiger partial charge >= 0.3 is 0 Å². The van der Waals surface area contributed by atoms with E-state index in [0.29, 0.717) is 23.0 Å². The fourth-order valence-corrected chi connectivity index (χ4v) is 4.33. The Balaban J connectivity index is 1.62. The minimum Gasteiger partial charge on any atom is -0.496 e. The number of benzene rings is 2. The number of para-hydroxylation sites is 1. The van der Waals surface area contributed by atoms with Gasteiger partial charge in [-0.15, -0.1) is 10.2 Å². The van der Waals surface area contributed by atoms with Crippen LogP contribution in [0.2, 0.25) is 0 Å². The number of thioether (sulfide) groups is 1. The van der Waals surface area contributed by atoms with Crippen molar-refractivity contribution in [3.63, 3.8) is 0 Å². The largest absolute Gasteiger partial charge is 0.496 e. The maximum absolute atomic E-state index is 12.9. The molecule has 0 radical (unpaired) electrons. The number of furan rings is 1. The monoisotopic (exact) mass is 461 g/mol. The van der Waals surface area contributed by atoms with Gasteiger partial charge in [-0.25, -0.2) is 0 Å². The molecule has 0 amide bonds. The summed E-state index contributed by atoms with van der Waals surface area (Å²) in [6.45, 7) is 7.04. The van der Waals surface area contributed by atoms with Gasteiger partial charge in [0.25, 0.3) is 0 Å². The summed E-state index contributed by atoms with van der Waals surface area (Å²) in [5.41, 5.74) is 2.84. The predicted molar refractivity (Wildman–Crippen MR) is 130 cm³/mol. The molecule has 0 bridgehead atoms. The SMILES string of the molecule is COc1ccccc1C(=O)CSc1nnc(-c2ccc(C(C)(C)C)cc2)n1Cc1ccco1. The van der Waals surface area contributed by atoms with Crippen molar-refractivity contribution in [3.8, 4) is 17.1 Å². The van der Waals surface area contributed by atoms with E-state index in [2.05, 4.69) is 55.2 Å². The zero-order valence-electron chi connectivity index (χ0n) is 19.2. The Morgan fingerprint density at radius 2 is 1.79 bits per heavy atom. The second kappa shape index (κ2) is 9.67. The van der Waals surface area contributed by atoms with Gasteiger partial charge < -0.3 is 9.15 Å². The molecule has 0 saturated heterocycles. The lowest BCUT2D eigenvalue weighted by Crippen LogP contribution is -2.10. The van der Waals surface area contributed by atoms with Crippen LogP contribution >= 0.6 is 11.8 Å². The standard InChI is InChI=1S/C26H27N3O3S/c1-26(2,3)19-13-11-18(12-14-19)24-27-28-25(29(24)16-20-8-7-15-32-20)33-17-22(30)21-9-5-6-10-23(21)31-4/h5-15H,16-17H2,1-4H3. The van der Waals surface area contributed by atoms with Gasteiger partial charge in [-0.2, -0.15) is 0 Å². The van der Waals surface area contributed by atoms with E-state index >= 15 is 0 Å². The molecule has 0 unspecified atom stereocenters. The maximum atomic E-state index is 12.9. The van der Waals surface area contributed by atoms with Crippen molar-refractivity contribution < 1.29 is 13.9 Å². The van der Waals surface area contributed by atoms with E-state index in [9.17, 15) is 4.79 Å². The summed E-state index contributed by atoms with van der Waals surface area (Å²) in [5, 5.41) is 9.52. The summed E-state index contributed by atoms with van der Waals surface area (Å²) in [5.74, 6) is 2.29. The number of carbonyl (C=O) groups excluding carboxylic acids is 1. The zero-order valence-corrected chi connectivity index (χ0v) is 20.1. The van der Waals surface area contributed by atoms with Crippen molar-refractivity contribution in [1.29, 1.82) is 0 Å². The highest BCUT2D eigenvalue weighted by molar-refractivity contribution is 7.99. The molecule has 0 fully saturated rings. The van der Waals surface area contributed by atoms with E-state index in [1.807, 2.05) is 28.8 Å². The van der Waals surface area contributed by atoms with E-state index in [1.165, 1.54) is 17.3 Å². The second-order valence-corrected chi connectivity index (χ2v) is 9.65. The molecule has 6 nitrogen and oxygen atoms in total. The molecule has 0 N–H and O–H groups in total. The first-order chi connectivity index (χ1) is 15.9. The van der Waals surface area contributed by atoms with Crippen LogP contribution in [0.1, 0.15) is 42.5 Å². The topological polar surface area (TPSA) is 70.2 Å². The van der Waals surface area contributed by atoms with Crippen LogP contribution in [0, 0.1) is 0 Å².